The molecule has 0 aromatic rings. The molecule has 0 aliphatic heterocycles. The van der Waals surface area contributed by atoms with Crippen molar-refractivity contribution >= 4 is 16.2 Å². The lowest BCUT2D eigenvalue weighted by Crippen LogP contribution is -2.41. The molecule has 0 aliphatic carbocycles. The van der Waals surface area contributed by atoms with E-state index in [-0.39, 0.29) is 32.8 Å². The molecule has 1 amide bonds. The smallest absolute Gasteiger partial charge is 0.404 e. The van der Waals surface area contributed by atoms with E-state index in [2.05, 4.69) is 5.32 Å². The summed E-state index contributed by atoms with van der Waals surface area (Å²) in [5.41, 5.74) is 0. The Labute approximate surface area is 105 Å². The molecule has 0 fully saturated rings. The number of rotatable bonds is 9. The molecule has 0 radical (unpaired) electrons. The first-order valence-electron chi connectivity index (χ1n) is 5.18. The van der Waals surface area contributed by atoms with Crippen molar-refractivity contribution < 1.29 is 33.1 Å². The summed E-state index contributed by atoms with van der Waals surface area (Å²) in [6.45, 7) is 0.125. The largest absolute Gasteiger partial charge is 0.465 e. The zero-order valence-electron chi connectivity index (χ0n) is 9.69. The molecule has 0 spiro atoms. The van der Waals surface area contributed by atoms with Gasteiger partial charge >= 0.3 is 6.09 Å². The summed E-state index contributed by atoms with van der Waals surface area (Å²) < 4.78 is 29.6. The molecule has 0 rings (SSSR count). The topological polar surface area (TPSA) is 147 Å². The second kappa shape index (κ2) is 8.21. The maximum atomic E-state index is 10.5. The minimum atomic E-state index is -4.27. The van der Waals surface area contributed by atoms with Gasteiger partial charge in [0, 0.05) is 26.2 Å². The summed E-state index contributed by atoms with van der Waals surface area (Å²) in [5, 5.41) is 28.6. The zero-order valence-corrected chi connectivity index (χ0v) is 10.5. The van der Waals surface area contributed by atoms with Crippen molar-refractivity contribution in [2.45, 2.75) is 6.10 Å². The maximum absolute atomic E-state index is 10.5. The van der Waals surface area contributed by atoms with Crippen LogP contribution in [0.3, 0.4) is 0 Å². The highest BCUT2D eigenvalue weighted by Crippen LogP contribution is 1.96. The number of hydrogen-bond acceptors (Lipinski definition) is 6. The highest BCUT2D eigenvalue weighted by molar-refractivity contribution is 7.85. The number of amides is 1. The molecule has 9 nitrogen and oxygen atoms in total. The summed E-state index contributed by atoms with van der Waals surface area (Å²) in [5.74, 6) is -0.804. The van der Waals surface area contributed by atoms with Gasteiger partial charge in [0.05, 0.1) is 12.7 Å². The van der Waals surface area contributed by atoms with Crippen LogP contribution in [-0.2, 0) is 10.1 Å². The number of hydrogen-bond donors (Lipinski definition) is 5. The molecule has 0 aliphatic rings. The lowest BCUT2D eigenvalue weighted by Gasteiger charge is -2.23. The summed E-state index contributed by atoms with van der Waals surface area (Å²) in [6.07, 6.45) is -2.51. The predicted molar refractivity (Wildman–Crippen MR) is 62.0 cm³/mol. The molecule has 0 aromatic carbocycles. The highest BCUT2D eigenvalue weighted by atomic mass is 32.2. The van der Waals surface area contributed by atoms with Gasteiger partial charge in [-0.15, -0.1) is 0 Å². The summed E-state index contributed by atoms with van der Waals surface area (Å²) in [6, 6.07) is 0. The van der Waals surface area contributed by atoms with E-state index in [4.69, 9.17) is 14.8 Å². The molecule has 108 valence electrons. The number of nitrogens with one attached hydrogen (secondary N) is 1. The van der Waals surface area contributed by atoms with Crippen LogP contribution in [0, 0.1) is 0 Å². The third-order valence-electron chi connectivity index (χ3n) is 1.99. The van der Waals surface area contributed by atoms with E-state index < -0.39 is 28.1 Å². The van der Waals surface area contributed by atoms with Crippen LogP contribution < -0.4 is 5.32 Å². The van der Waals surface area contributed by atoms with E-state index in [0.717, 1.165) is 0 Å². The molecule has 0 heterocycles. The van der Waals surface area contributed by atoms with Gasteiger partial charge in [-0.3, -0.25) is 9.45 Å². The second-order valence-electron chi connectivity index (χ2n) is 3.66. The maximum Gasteiger partial charge on any atom is 0.404 e. The lowest BCUT2D eigenvalue weighted by atomic mass is 10.3. The fourth-order valence-corrected chi connectivity index (χ4v) is 1.94. The first kappa shape index (κ1) is 17.1. The van der Waals surface area contributed by atoms with Crippen LogP contribution in [0.5, 0.6) is 0 Å². The lowest BCUT2D eigenvalue weighted by molar-refractivity contribution is 0.112. The van der Waals surface area contributed by atoms with Crippen LogP contribution in [0.25, 0.3) is 0 Å². The van der Waals surface area contributed by atoms with E-state index in [1.165, 1.54) is 4.90 Å². The van der Waals surface area contributed by atoms with Gasteiger partial charge in [0.15, 0.2) is 0 Å². The molecule has 0 bridgehead atoms. The highest BCUT2D eigenvalue weighted by Gasteiger charge is 2.17. The average molecular weight is 286 g/mol. The van der Waals surface area contributed by atoms with Gasteiger partial charge in [-0.2, -0.15) is 8.42 Å². The van der Waals surface area contributed by atoms with Crippen LogP contribution in [-0.4, -0.2) is 83.9 Å². The van der Waals surface area contributed by atoms with Gasteiger partial charge in [-0.1, -0.05) is 0 Å². The molecule has 10 heteroatoms. The van der Waals surface area contributed by atoms with E-state index in [0.29, 0.717) is 0 Å². The summed E-state index contributed by atoms with van der Waals surface area (Å²) in [7, 11) is -4.27. The van der Waals surface area contributed by atoms with E-state index in [1.54, 1.807) is 0 Å². The molecular formula is C8H18N2O7S. The Hall–Kier alpha value is -0.940. The van der Waals surface area contributed by atoms with Crippen molar-refractivity contribution in [3.05, 3.63) is 0 Å². The van der Waals surface area contributed by atoms with Crippen molar-refractivity contribution in [2.75, 3.05) is 38.5 Å². The molecule has 1 unspecified atom stereocenters. The van der Waals surface area contributed by atoms with Crippen molar-refractivity contribution in [3.63, 3.8) is 0 Å². The molecule has 1 atom stereocenters. The minimum Gasteiger partial charge on any atom is -0.465 e. The monoisotopic (exact) mass is 286 g/mol. The van der Waals surface area contributed by atoms with Crippen LogP contribution in [0.2, 0.25) is 0 Å². The predicted octanol–water partition coefficient (Wildman–Crippen LogP) is -2.20. The van der Waals surface area contributed by atoms with Crippen molar-refractivity contribution in [2.24, 2.45) is 0 Å². The standard InChI is InChI=1S/C8H18N2O7S/c11-4-3-10(2-1-9-8(13)14)5-7(12)6-18(15,16)17/h7,9,11-12H,1-6H2,(H,13,14)(H,15,16,17). The van der Waals surface area contributed by atoms with Crippen LogP contribution in [0.1, 0.15) is 0 Å². The Balaban J connectivity index is 4.13. The number of carboxylic acid groups (broad SMARTS) is 1. The van der Waals surface area contributed by atoms with Crippen molar-refractivity contribution in [1.82, 2.24) is 10.2 Å². The molecular weight excluding hydrogens is 268 g/mol. The third kappa shape index (κ3) is 10.2. The van der Waals surface area contributed by atoms with E-state index in [1.807, 2.05) is 0 Å². The van der Waals surface area contributed by atoms with Gasteiger partial charge in [0.1, 0.15) is 5.75 Å². The second-order valence-corrected chi connectivity index (χ2v) is 5.16. The Morgan fingerprint density at radius 2 is 1.94 bits per heavy atom. The Morgan fingerprint density at radius 3 is 2.39 bits per heavy atom. The van der Waals surface area contributed by atoms with Crippen LogP contribution in [0.15, 0.2) is 0 Å². The van der Waals surface area contributed by atoms with E-state index >= 15 is 0 Å². The van der Waals surface area contributed by atoms with Crippen molar-refractivity contribution in [1.29, 1.82) is 0 Å². The fourth-order valence-electron chi connectivity index (χ4n) is 1.35. The zero-order chi connectivity index (χ0) is 14.2. The normalized spacial score (nSPS) is 13.6. The first-order chi connectivity index (χ1) is 8.24. The van der Waals surface area contributed by atoms with Gasteiger partial charge < -0.3 is 20.6 Å². The average Bonchev–Trinajstić information content (AvgIpc) is 2.13. The van der Waals surface area contributed by atoms with Crippen LogP contribution >= 0.6 is 0 Å². The minimum absolute atomic E-state index is 0.0773. The SMILES string of the molecule is O=C(O)NCCN(CCO)CC(O)CS(=O)(=O)O. The van der Waals surface area contributed by atoms with Crippen LogP contribution in [0.4, 0.5) is 4.79 Å². The Bertz CT molecular complexity index is 345. The van der Waals surface area contributed by atoms with Gasteiger partial charge in [-0.25, -0.2) is 4.79 Å². The third-order valence-corrected chi connectivity index (χ3v) is 2.80. The fraction of sp³-hybridized carbons (Fsp3) is 0.875. The van der Waals surface area contributed by atoms with E-state index in [9.17, 15) is 18.3 Å². The number of aliphatic hydroxyl groups excluding tert-OH is 2. The van der Waals surface area contributed by atoms with Gasteiger partial charge in [0.2, 0.25) is 0 Å². The van der Waals surface area contributed by atoms with Gasteiger partial charge in [-0.05, 0) is 0 Å². The number of aliphatic hydroxyl groups is 2. The summed E-state index contributed by atoms with van der Waals surface area (Å²) in [4.78, 5) is 11.7. The molecule has 0 saturated carbocycles. The number of carbonyl (C=O) groups is 1. The molecule has 5 N–H and O–H groups in total. The first-order valence-corrected chi connectivity index (χ1v) is 6.78. The van der Waals surface area contributed by atoms with Gasteiger partial charge in [0.25, 0.3) is 10.1 Å². The summed E-state index contributed by atoms with van der Waals surface area (Å²) >= 11 is 0. The molecule has 0 aromatic heterocycles. The Kier molecular flexibility index (Phi) is 7.78. The number of nitrogens with zero attached hydrogens (tertiary/aromatic N) is 1. The quantitative estimate of drug-likeness (QED) is 0.300. The molecule has 18 heavy (non-hydrogen) atoms. The Morgan fingerprint density at radius 1 is 1.33 bits per heavy atom. The van der Waals surface area contributed by atoms with Crippen molar-refractivity contribution in [3.8, 4) is 0 Å². The molecule has 0 saturated heterocycles.